The Bertz CT molecular complexity index is 476. The Morgan fingerprint density at radius 2 is 2.05 bits per heavy atom. The highest BCUT2D eigenvalue weighted by Crippen LogP contribution is 2.29. The van der Waals surface area contributed by atoms with E-state index < -0.39 is 5.82 Å². The highest BCUT2D eigenvalue weighted by Gasteiger charge is 2.25. The molecule has 1 aromatic carbocycles. The standard InChI is InChI=1S/C16H22FNO2/c1-11-6-7-15(17)14(8-11)16(20)18-9-12-4-2-3-5-13(12)10-19/h6-8,12-13,19H,2-5,9-10H2,1H3,(H,18,20). The number of halogens is 1. The maximum atomic E-state index is 13.6. The number of hydrogen-bond donors (Lipinski definition) is 2. The maximum absolute atomic E-state index is 13.6. The van der Waals surface area contributed by atoms with Gasteiger partial charge in [-0.05, 0) is 43.7 Å². The Morgan fingerprint density at radius 3 is 2.75 bits per heavy atom. The third kappa shape index (κ3) is 3.57. The average Bonchev–Trinajstić information content (AvgIpc) is 2.47. The van der Waals surface area contributed by atoms with Gasteiger partial charge in [-0.25, -0.2) is 4.39 Å². The Labute approximate surface area is 119 Å². The summed E-state index contributed by atoms with van der Waals surface area (Å²) in [4.78, 5) is 12.0. The van der Waals surface area contributed by atoms with Crippen LogP contribution in [0.4, 0.5) is 4.39 Å². The summed E-state index contributed by atoms with van der Waals surface area (Å²) in [5.74, 6) is -0.305. The van der Waals surface area contributed by atoms with Crippen molar-refractivity contribution in [1.82, 2.24) is 5.32 Å². The van der Waals surface area contributed by atoms with Crippen LogP contribution in [0.25, 0.3) is 0 Å². The van der Waals surface area contributed by atoms with E-state index in [0.29, 0.717) is 12.5 Å². The molecule has 1 aliphatic carbocycles. The first-order valence-electron chi connectivity index (χ1n) is 7.27. The molecule has 0 aromatic heterocycles. The summed E-state index contributed by atoms with van der Waals surface area (Å²) < 4.78 is 13.6. The summed E-state index contributed by atoms with van der Waals surface area (Å²) in [5.41, 5.74) is 0.962. The quantitative estimate of drug-likeness (QED) is 0.890. The van der Waals surface area contributed by atoms with Crippen LogP contribution < -0.4 is 5.32 Å². The molecule has 20 heavy (non-hydrogen) atoms. The zero-order valence-corrected chi connectivity index (χ0v) is 11.9. The van der Waals surface area contributed by atoms with E-state index in [0.717, 1.165) is 31.2 Å². The van der Waals surface area contributed by atoms with Crippen LogP contribution in [0.3, 0.4) is 0 Å². The van der Waals surface area contributed by atoms with Crippen molar-refractivity contribution in [1.29, 1.82) is 0 Å². The van der Waals surface area contributed by atoms with Crippen LogP contribution in [0, 0.1) is 24.6 Å². The fourth-order valence-electron chi connectivity index (χ4n) is 2.93. The molecule has 0 bridgehead atoms. The zero-order chi connectivity index (χ0) is 14.5. The van der Waals surface area contributed by atoms with Crippen molar-refractivity contribution < 1.29 is 14.3 Å². The smallest absolute Gasteiger partial charge is 0.254 e. The van der Waals surface area contributed by atoms with E-state index >= 15 is 0 Å². The number of nitrogens with one attached hydrogen (secondary N) is 1. The molecule has 110 valence electrons. The van der Waals surface area contributed by atoms with E-state index in [1.807, 2.05) is 6.92 Å². The molecule has 2 atom stereocenters. The van der Waals surface area contributed by atoms with E-state index in [9.17, 15) is 14.3 Å². The van der Waals surface area contributed by atoms with E-state index in [2.05, 4.69) is 5.32 Å². The number of rotatable bonds is 4. The number of aryl methyl sites for hydroxylation is 1. The fourth-order valence-corrected chi connectivity index (χ4v) is 2.93. The first-order valence-corrected chi connectivity index (χ1v) is 7.27. The van der Waals surface area contributed by atoms with Crippen molar-refractivity contribution in [2.75, 3.05) is 13.2 Å². The maximum Gasteiger partial charge on any atom is 0.254 e. The number of amides is 1. The van der Waals surface area contributed by atoms with Crippen LogP contribution in [0.1, 0.15) is 41.6 Å². The fraction of sp³-hybridized carbons (Fsp3) is 0.562. The lowest BCUT2D eigenvalue weighted by atomic mass is 9.79. The normalized spacial score (nSPS) is 22.6. The Balaban J connectivity index is 1.96. The van der Waals surface area contributed by atoms with Crippen molar-refractivity contribution in [3.05, 3.63) is 35.1 Å². The predicted octanol–water partition coefficient (Wildman–Crippen LogP) is 2.66. The van der Waals surface area contributed by atoms with Gasteiger partial charge in [-0.1, -0.05) is 24.5 Å². The van der Waals surface area contributed by atoms with E-state index in [-0.39, 0.29) is 24.0 Å². The van der Waals surface area contributed by atoms with Crippen LogP contribution in [-0.4, -0.2) is 24.2 Å². The number of carbonyl (C=O) groups is 1. The van der Waals surface area contributed by atoms with Crippen molar-refractivity contribution >= 4 is 5.91 Å². The molecule has 2 unspecified atom stereocenters. The second-order valence-corrected chi connectivity index (χ2v) is 5.68. The largest absolute Gasteiger partial charge is 0.396 e. The van der Waals surface area contributed by atoms with Gasteiger partial charge in [0.25, 0.3) is 5.91 Å². The van der Waals surface area contributed by atoms with Crippen molar-refractivity contribution in [3.63, 3.8) is 0 Å². The third-order valence-corrected chi connectivity index (χ3v) is 4.19. The van der Waals surface area contributed by atoms with Gasteiger partial charge in [-0.3, -0.25) is 4.79 Å². The van der Waals surface area contributed by atoms with Crippen molar-refractivity contribution in [2.45, 2.75) is 32.6 Å². The van der Waals surface area contributed by atoms with Gasteiger partial charge in [0.05, 0.1) is 5.56 Å². The molecule has 2 rings (SSSR count). The molecule has 1 aliphatic rings. The molecule has 1 saturated carbocycles. The van der Waals surface area contributed by atoms with Crippen LogP contribution >= 0.6 is 0 Å². The first-order chi connectivity index (χ1) is 9.61. The lowest BCUT2D eigenvalue weighted by molar-refractivity contribution is 0.0905. The van der Waals surface area contributed by atoms with Gasteiger partial charge in [0.2, 0.25) is 0 Å². The number of hydrogen-bond acceptors (Lipinski definition) is 2. The van der Waals surface area contributed by atoms with Crippen molar-refractivity contribution in [3.8, 4) is 0 Å². The molecule has 2 N–H and O–H groups in total. The molecule has 0 aliphatic heterocycles. The molecular weight excluding hydrogens is 257 g/mol. The van der Waals surface area contributed by atoms with Gasteiger partial charge in [0.1, 0.15) is 5.82 Å². The molecule has 4 heteroatoms. The molecule has 0 radical (unpaired) electrons. The van der Waals surface area contributed by atoms with E-state index in [1.165, 1.54) is 6.07 Å². The van der Waals surface area contributed by atoms with Gasteiger partial charge >= 0.3 is 0 Å². The summed E-state index contributed by atoms with van der Waals surface area (Å²) >= 11 is 0. The summed E-state index contributed by atoms with van der Waals surface area (Å²) in [5, 5.41) is 12.2. The highest BCUT2D eigenvalue weighted by molar-refractivity contribution is 5.94. The highest BCUT2D eigenvalue weighted by atomic mass is 19.1. The van der Waals surface area contributed by atoms with Gasteiger partial charge < -0.3 is 10.4 Å². The zero-order valence-electron chi connectivity index (χ0n) is 11.9. The Kier molecular flexibility index (Phi) is 5.12. The SMILES string of the molecule is Cc1ccc(F)c(C(=O)NCC2CCCCC2CO)c1. The molecule has 0 spiro atoms. The minimum atomic E-state index is -0.490. The monoisotopic (exact) mass is 279 g/mol. The molecular formula is C16H22FNO2. The minimum Gasteiger partial charge on any atom is -0.396 e. The predicted molar refractivity (Wildman–Crippen MR) is 76.0 cm³/mol. The Morgan fingerprint density at radius 1 is 1.35 bits per heavy atom. The number of carbonyl (C=O) groups excluding carboxylic acids is 1. The summed E-state index contributed by atoms with van der Waals surface area (Å²) in [6.07, 6.45) is 4.30. The van der Waals surface area contributed by atoms with E-state index in [1.54, 1.807) is 12.1 Å². The van der Waals surface area contributed by atoms with Gasteiger partial charge in [0, 0.05) is 13.2 Å². The second kappa shape index (κ2) is 6.84. The van der Waals surface area contributed by atoms with Crippen LogP contribution in [0.5, 0.6) is 0 Å². The summed E-state index contributed by atoms with van der Waals surface area (Å²) in [7, 11) is 0. The topological polar surface area (TPSA) is 49.3 Å². The molecule has 0 saturated heterocycles. The minimum absolute atomic E-state index is 0.0985. The van der Waals surface area contributed by atoms with Crippen LogP contribution in [0.15, 0.2) is 18.2 Å². The van der Waals surface area contributed by atoms with E-state index in [4.69, 9.17) is 0 Å². The van der Waals surface area contributed by atoms with Crippen LogP contribution in [-0.2, 0) is 0 Å². The molecule has 0 heterocycles. The third-order valence-electron chi connectivity index (χ3n) is 4.19. The van der Waals surface area contributed by atoms with Crippen LogP contribution in [0.2, 0.25) is 0 Å². The summed E-state index contributed by atoms with van der Waals surface area (Å²) in [6.45, 7) is 2.51. The number of aliphatic hydroxyl groups excluding tert-OH is 1. The van der Waals surface area contributed by atoms with Gasteiger partial charge in [-0.15, -0.1) is 0 Å². The number of benzene rings is 1. The lowest BCUT2D eigenvalue weighted by Gasteiger charge is -2.30. The van der Waals surface area contributed by atoms with Crippen molar-refractivity contribution in [2.24, 2.45) is 11.8 Å². The second-order valence-electron chi connectivity index (χ2n) is 5.68. The first kappa shape index (κ1) is 15.0. The van der Waals surface area contributed by atoms with Gasteiger partial charge in [-0.2, -0.15) is 0 Å². The number of aliphatic hydroxyl groups is 1. The average molecular weight is 279 g/mol. The molecule has 1 fully saturated rings. The lowest BCUT2D eigenvalue weighted by Crippen LogP contribution is -2.35. The summed E-state index contributed by atoms with van der Waals surface area (Å²) in [6, 6.07) is 4.53. The molecule has 3 nitrogen and oxygen atoms in total. The Hall–Kier alpha value is -1.42. The molecule has 1 aromatic rings. The molecule has 1 amide bonds. The van der Waals surface area contributed by atoms with Gasteiger partial charge in [0.15, 0.2) is 0 Å².